The van der Waals surface area contributed by atoms with E-state index in [1.165, 1.54) is 23.3 Å². The third kappa shape index (κ3) is 1.18. The minimum Gasteiger partial charge on any atom is -0.207 e. The molecule has 11 heavy (non-hydrogen) atoms. The Kier molecular flexibility index (Phi) is 1.31. The first kappa shape index (κ1) is 6.59. The molecular weight excluding hydrogens is 139 g/mol. The van der Waals surface area contributed by atoms with Gasteiger partial charge in [-0.3, -0.25) is 0 Å². The highest BCUT2D eigenvalue weighted by atomic mass is 19.1. The Bertz CT molecular complexity index is 284. The van der Waals surface area contributed by atoms with Crippen molar-refractivity contribution in [3.05, 3.63) is 47.8 Å². The van der Waals surface area contributed by atoms with Crippen molar-refractivity contribution in [1.29, 1.82) is 0 Å². The van der Waals surface area contributed by atoms with Gasteiger partial charge in [0.1, 0.15) is 5.82 Å². The molecule has 0 aliphatic heterocycles. The first-order chi connectivity index (χ1) is 5.27. The summed E-state index contributed by atoms with van der Waals surface area (Å²) in [5, 5.41) is 0. The van der Waals surface area contributed by atoms with Gasteiger partial charge >= 0.3 is 0 Å². The minimum atomic E-state index is -0.167. The number of benzene rings is 1. The molecule has 1 aromatic rings. The van der Waals surface area contributed by atoms with Crippen LogP contribution in [0.15, 0.2) is 36.4 Å². The van der Waals surface area contributed by atoms with E-state index in [0.29, 0.717) is 5.92 Å². The van der Waals surface area contributed by atoms with E-state index in [0.717, 1.165) is 6.42 Å². The van der Waals surface area contributed by atoms with Crippen LogP contribution < -0.4 is 0 Å². The van der Waals surface area contributed by atoms with E-state index in [9.17, 15) is 4.39 Å². The van der Waals surface area contributed by atoms with Crippen molar-refractivity contribution in [3.8, 4) is 0 Å². The molecule has 1 fully saturated rings. The van der Waals surface area contributed by atoms with E-state index >= 15 is 0 Å². The van der Waals surface area contributed by atoms with Gasteiger partial charge in [0.2, 0.25) is 0 Å². The third-order valence-corrected chi connectivity index (χ3v) is 2.07. The van der Waals surface area contributed by atoms with Crippen molar-refractivity contribution in [2.75, 3.05) is 0 Å². The zero-order valence-corrected chi connectivity index (χ0v) is 6.18. The molecule has 1 atom stereocenters. The molecule has 1 saturated carbocycles. The van der Waals surface area contributed by atoms with Gasteiger partial charge in [-0.1, -0.05) is 24.3 Å². The molecule has 0 saturated heterocycles. The Hall–Kier alpha value is -1.11. The van der Waals surface area contributed by atoms with Crippen molar-refractivity contribution in [2.45, 2.75) is 12.3 Å². The van der Waals surface area contributed by atoms with Crippen molar-refractivity contribution >= 4 is 0 Å². The lowest BCUT2D eigenvalue weighted by molar-refractivity contribution is 0.627. The molecule has 56 valence electrons. The Balaban J connectivity index is 2.27. The van der Waals surface area contributed by atoms with Crippen LogP contribution in [0.25, 0.3) is 0 Å². The summed E-state index contributed by atoms with van der Waals surface area (Å²) >= 11 is 0. The van der Waals surface area contributed by atoms with Gasteiger partial charge in [0, 0.05) is 5.92 Å². The van der Waals surface area contributed by atoms with Crippen molar-refractivity contribution in [1.82, 2.24) is 0 Å². The molecule has 0 amide bonds. The average Bonchev–Trinajstić information content (AvgIpc) is 2.69. The van der Waals surface area contributed by atoms with Crippen molar-refractivity contribution < 1.29 is 4.39 Å². The molecular formula is C10H9F. The second-order valence-electron chi connectivity index (χ2n) is 2.97. The summed E-state index contributed by atoms with van der Waals surface area (Å²) in [6.45, 7) is 3.85. The Labute approximate surface area is 65.4 Å². The van der Waals surface area contributed by atoms with Crippen LogP contribution in [0.3, 0.4) is 0 Å². The topological polar surface area (TPSA) is 0 Å². The average molecular weight is 148 g/mol. The molecule has 0 N–H and O–H groups in total. The van der Waals surface area contributed by atoms with Gasteiger partial charge in [0.25, 0.3) is 0 Å². The summed E-state index contributed by atoms with van der Waals surface area (Å²) in [6.07, 6.45) is 1.08. The normalized spacial score (nSPS) is 21.9. The van der Waals surface area contributed by atoms with Gasteiger partial charge in [-0.2, -0.15) is 0 Å². The second-order valence-corrected chi connectivity index (χ2v) is 2.97. The van der Waals surface area contributed by atoms with Crippen LogP contribution in [0.1, 0.15) is 17.9 Å². The molecule has 0 heterocycles. The molecule has 0 bridgehead atoms. The highest BCUT2D eigenvalue weighted by Crippen LogP contribution is 2.45. The van der Waals surface area contributed by atoms with Crippen LogP contribution in [0.5, 0.6) is 0 Å². The number of halogens is 1. The summed E-state index contributed by atoms with van der Waals surface area (Å²) < 4.78 is 12.4. The summed E-state index contributed by atoms with van der Waals surface area (Å²) in [6, 6.07) is 6.66. The van der Waals surface area contributed by atoms with Crippen LogP contribution in [-0.2, 0) is 0 Å². The van der Waals surface area contributed by atoms with Gasteiger partial charge in [-0.05, 0) is 24.1 Å². The Morgan fingerprint density at radius 1 is 1.27 bits per heavy atom. The smallest absolute Gasteiger partial charge is 0.123 e. The Morgan fingerprint density at radius 2 is 1.82 bits per heavy atom. The lowest BCUT2D eigenvalue weighted by Gasteiger charge is -1.94. The maximum atomic E-state index is 12.4. The molecule has 1 aromatic carbocycles. The van der Waals surface area contributed by atoms with Crippen LogP contribution in [0.4, 0.5) is 4.39 Å². The van der Waals surface area contributed by atoms with Gasteiger partial charge in [0.05, 0.1) is 0 Å². The van der Waals surface area contributed by atoms with Gasteiger partial charge in [-0.15, -0.1) is 0 Å². The highest BCUT2D eigenvalue weighted by Gasteiger charge is 2.28. The summed E-state index contributed by atoms with van der Waals surface area (Å²) in [4.78, 5) is 0. The van der Waals surface area contributed by atoms with Gasteiger partial charge in [0.15, 0.2) is 0 Å². The Morgan fingerprint density at radius 3 is 2.27 bits per heavy atom. The molecule has 0 aromatic heterocycles. The lowest BCUT2D eigenvalue weighted by Crippen LogP contribution is -1.78. The number of hydrogen-bond donors (Lipinski definition) is 0. The molecule has 0 spiro atoms. The van der Waals surface area contributed by atoms with E-state index in [4.69, 9.17) is 0 Å². The standard InChI is InChI=1S/C10H9F/c1-7-6-10(7)8-2-4-9(11)5-3-8/h2-5,10H,1,6H2. The van der Waals surface area contributed by atoms with Crippen LogP contribution >= 0.6 is 0 Å². The maximum Gasteiger partial charge on any atom is 0.123 e. The monoisotopic (exact) mass is 148 g/mol. The molecule has 1 aliphatic carbocycles. The SMILES string of the molecule is C=C1CC1c1ccc(F)cc1. The maximum absolute atomic E-state index is 12.4. The summed E-state index contributed by atoms with van der Waals surface area (Å²) in [5.74, 6) is 0.343. The molecule has 0 nitrogen and oxygen atoms in total. The zero-order chi connectivity index (χ0) is 7.84. The van der Waals surface area contributed by atoms with E-state index < -0.39 is 0 Å². The fraction of sp³-hybridized carbons (Fsp3) is 0.200. The predicted molar refractivity (Wildman–Crippen MR) is 42.9 cm³/mol. The molecule has 0 radical (unpaired) electrons. The van der Waals surface area contributed by atoms with E-state index in [2.05, 4.69) is 6.58 Å². The molecule has 1 heteroatoms. The van der Waals surface area contributed by atoms with Crippen molar-refractivity contribution in [3.63, 3.8) is 0 Å². The molecule has 2 rings (SSSR count). The van der Waals surface area contributed by atoms with Crippen LogP contribution in [0.2, 0.25) is 0 Å². The van der Waals surface area contributed by atoms with Gasteiger partial charge in [-0.25, -0.2) is 4.39 Å². The number of rotatable bonds is 1. The first-order valence-corrected chi connectivity index (χ1v) is 3.70. The first-order valence-electron chi connectivity index (χ1n) is 3.70. The summed E-state index contributed by atoms with van der Waals surface area (Å²) in [7, 11) is 0. The number of hydrogen-bond acceptors (Lipinski definition) is 0. The van der Waals surface area contributed by atoms with Crippen molar-refractivity contribution in [2.24, 2.45) is 0 Å². The quantitative estimate of drug-likeness (QED) is 0.537. The fourth-order valence-corrected chi connectivity index (χ4v) is 1.25. The number of allylic oxidation sites excluding steroid dienone is 1. The predicted octanol–water partition coefficient (Wildman–Crippen LogP) is 2.87. The lowest BCUT2D eigenvalue weighted by atomic mass is 10.1. The van der Waals surface area contributed by atoms with E-state index in [-0.39, 0.29) is 5.82 Å². The zero-order valence-electron chi connectivity index (χ0n) is 6.18. The van der Waals surface area contributed by atoms with Gasteiger partial charge < -0.3 is 0 Å². The van der Waals surface area contributed by atoms with Crippen LogP contribution in [0, 0.1) is 5.82 Å². The second kappa shape index (κ2) is 2.19. The van der Waals surface area contributed by atoms with E-state index in [1.807, 2.05) is 12.1 Å². The van der Waals surface area contributed by atoms with Crippen LogP contribution in [-0.4, -0.2) is 0 Å². The summed E-state index contributed by atoms with van der Waals surface area (Å²) in [5.41, 5.74) is 2.45. The molecule has 1 aliphatic rings. The highest BCUT2D eigenvalue weighted by molar-refractivity contribution is 5.39. The minimum absolute atomic E-state index is 0.167. The van der Waals surface area contributed by atoms with E-state index in [1.54, 1.807) is 0 Å². The fourth-order valence-electron chi connectivity index (χ4n) is 1.25. The largest absolute Gasteiger partial charge is 0.207 e. The molecule has 1 unspecified atom stereocenters. The third-order valence-electron chi connectivity index (χ3n) is 2.07.